The Morgan fingerprint density at radius 2 is 1.70 bits per heavy atom. The summed E-state index contributed by atoms with van der Waals surface area (Å²) in [6.45, 7) is 0. The minimum atomic E-state index is -3.62. The molecule has 0 amide bonds. The van der Waals surface area contributed by atoms with Gasteiger partial charge in [0.25, 0.3) is 10.0 Å². The fourth-order valence-corrected chi connectivity index (χ4v) is 3.59. The van der Waals surface area contributed by atoms with E-state index in [1.807, 2.05) is 0 Å². The van der Waals surface area contributed by atoms with E-state index in [0.29, 0.717) is 15.9 Å². The molecule has 2 rings (SSSR count). The summed E-state index contributed by atoms with van der Waals surface area (Å²) in [5.41, 5.74) is 0.500. The van der Waals surface area contributed by atoms with Gasteiger partial charge in [-0.05, 0) is 58.4 Å². The van der Waals surface area contributed by atoms with Crippen molar-refractivity contribution in [2.45, 2.75) is 4.90 Å². The van der Waals surface area contributed by atoms with Crippen molar-refractivity contribution in [3.63, 3.8) is 0 Å². The molecule has 0 bridgehead atoms. The van der Waals surface area contributed by atoms with E-state index in [9.17, 15) is 8.42 Å². The smallest absolute Gasteiger partial charge is 0.261 e. The molecule has 0 aliphatic carbocycles. The Labute approximate surface area is 134 Å². The molecular formula is C13H11Br2NO3S. The van der Waals surface area contributed by atoms with Crippen molar-refractivity contribution in [2.24, 2.45) is 0 Å². The van der Waals surface area contributed by atoms with E-state index in [1.165, 1.54) is 19.2 Å². The Kier molecular flexibility index (Phi) is 4.72. The van der Waals surface area contributed by atoms with E-state index in [2.05, 4.69) is 36.6 Å². The first-order chi connectivity index (χ1) is 9.42. The van der Waals surface area contributed by atoms with Crippen molar-refractivity contribution in [2.75, 3.05) is 11.8 Å². The van der Waals surface area contributed by atoms with Crippen molar-refractivity contribution in [1.82, 2.24) is 0 Å². The number of sulfonamides is 1. The summed E-state index contributed by atoms with van der Waals surface area (Å²) in [7, 11) is -2.10. The van der Waals surface area contributed by atoms with E-state index >= 15 is 0 Å². The first-order valence-corrected chi connectivity index (χ1v) is 8.61. The minimum absolute atomic E-state index is 0.160. The standard InChI is InChI=1S/C13H11Br2NO3S/c1-19-13-7-6-11(8-12(13)15)20(17,18)16-10-4-2-9(14)3-5-10/h2-8,16H,1H3. The van der Waals surface area contributed by atoms with Crippen LogP contribution in [0.15, 0.2) is 56.3 Å². The number of rotatable bonds is 4. The predicted octanol–water partition coefficient (Wildman–Crippen LogP) is 4.02. The Hall–Kier alpha value is -1.05. The second-order valence-corrected chi connectivity index (χ2v) is 7.36. The molecule has 1 N–H and O–H groups in total. The molecule has 0 atom stereocenters. The highest BCUT2D eigenvalue weighted by Crippen LogP contribution is 2.28. The maximum absolute atomic E-state index is 12.3. The van der Waals surface area contributed by atoms with Crippen molar-refractivity contribution >= 4 is 47.6 Å². The summed E-state index contributed by atoms with van der Waals surface area (Å²) >= 11 is 6.57. The first-order valence-electron chi connectivity index (χ1n) is 5.54. The van der Waals surface area contributed by atoms with Crippen molar-refractivity contribution in [3.8, 4) is 5.75 Å². The highest BCUT2D eigenvalue weighted by molar-refractivity contribution is 9.10. The molecule has 0 saturated heterocycles. The summed E-state index contributed by atoms with van der Waals surface area (Å²) in [4.78, 5) is 0.160. The lowest BCUT2D eigenvalue weighted by Gasteiger charge is -2.10. The average molecular weight is 421 g/mol. The molecule has 2 aromatic rings. The second-order valence-electron chi connectivity index (χ2n) is 3.91. The van der Waals surface area contributed by atoms with Gasteiger partial charge in [-0.1, -0.05) is 15.9 Å². The van der Waals surface area contributed by atoms with Gasteiger partial charge in [-0.15, -0.1) is 0 Å². The first kappa shape index (κ1) is 15.3. The Balaban J connectivity index is 2.30. The third-order valence-corrected chi connectivity index (χ3v) is 5.06. The fraction of sp³-hybridized carbons (Fsp3) is 0.0769. The van der Waals surface area contributed by atoms with Gasteiger partial charge in [-0.3, -0.25) is 4.72 Å². The molecule has 0 heterocycles. The molecule has 0 aliphatic rings. The van der Waals surface area contributed by atoms with Crippen LogP contribution >= 0.6 is 31.9 Å². The van der Waals surface area contributed by atoms with Gasteiger partial charge in [0, 0.05) is 10.2 Å². The van der Waals surface area contributed by atoms with Crippen molar-refractivity contribution < 1.29 is 13.2 Å². The lowest BCUT2D eigenvalue weighted by atomic mass is 10.3. The van der Waals surface area contributed by atoms with Gasteiger partial charge >= 0.3 is 0 Å². The van der Waals surface area contributed by atoms with E-state index in [4.69, 9.17) is 4.74 Å². The number of ether oxygens (including phenoxy) is 1. The van der Waals surface area contributed by atoms with Crippen LogP contribution in [0, 0.1) is 0 Å². The van der Waals surface area contributed by atoms with Gasteiger partial charge in [0.1, 0.15) is 5.75 Å². The van der Waals surface area contributed by atoms with Crippen LogP contribution in [0.1, 0.15) is 0 Å². The molecule has 0 spiro atoms. The fourth-order valence-electron chi connectivity index (χ4n) is 1.55. The van der Waals surface area contributed by atoms with Gasteiger partial charge in [0.15, 0.2) is 0 Å². The largest absolute Gasteiger partial charge is 0.496 e. The van der Waals surface area contributed by atoms with Gasteiger partial charge in [-0.2, -0.15) is 0 Å². The molecule has 0 saturated carbocycles. The molecule has 0 aliphatic heterocycles. The predicted molar refractivity (Wildman–Crippen MR) is 85.6 cm³/mol. The number of halogens is 2. The van der Waals surface area contributed by atoms with Crippen LogP contribution in [0.5, 0.6) is 5.75 Å². The van der Waals surface area contributed by atoms with Crippen LogP contribution in [0.3, 0.4) is 0 Å². The Morgan fingerprint density at radius 1 is 1.05 bits per heavy atom. The summed E-state index contributed by atoms with van der Waals surface area (Å²) in [5, 5.41) is 0. The number of methoxy groups -OCH3 is 1. The molecule has 106 valence electrons. The number of benzene rings is 2. The SMILES string of the molecule is COc1ccc(S(=O)(=O)Nc2ccc(Br)cc2)cc1Br. The van der Waals surface area contributed by atoms with Gasteiger partial charge in [-0.25, -0.2) is 8.42 Å². The number of anilines is 1. The zero-order valence-electron chi connectivity index (χ0n) is 10.4. The zero-order chi connectivity index (χ0) is 14.8. The Bertz CT molecular complexity index is 715. The van der Waals surface area contributed by atoms with E-state index in [1.54, 1.807) is 30.3 Å². The highest BCUT2D eigenvalue weighted by atomic mass is 79.9. The van der Waals surface area contributed by atoms with Gasteiger partial charge < -0.3 is 4.74 Å². The summed E-state index contributed by atoms with van der Waals surface area (Å²) in [6.07, 6.45) is 0. The van der Waals surface area contributed by atoms with Crippen molar-refractivity contribution in [1.29, 1.82) is 0 Å². The molecule has 7 heteroatoms. The van der Waals surface area contributed by atoms with E-state index in [-0.39, 0.29) is 4.90 Å². The highest BCUT2D eigenvalue weighted by Gasteiger charge is 2.16. The average Bonchev–Trinajstić information content (AvgIpc) is 2.41. The molecule has 20 heavy (non-hydrogen) atoms. The molecule has 0 radical (unpaired) electrons. The van der Waals surface area contributed by atoms with Crippen LogP contribution in [0.2, 0.25) is 0 Å². The van der Waals surface area contributed by atoms with Crippen LogP contribution in [-0.4, -0.2) is 15.5 Å². The van der Waals surface area contributed by atoms with Crippen LogP contribution < -0.4 is 9.46 Å². The van der Waals surface area contributed by atoms with Gasteiger partial charge in [0.2, 0.25) is 0 Å². The Morgan fingerprint density at radius 3 is 2.25 bits per heavy atom. The maximum atomic E-state index is 12.3. The second kappa shape index (κ2) is 6.15. The van der Waals surface area contributed by atoms with Crippen LogP contribution in [0.25, 0.3) is 0 Å². The summed E-state index contributed by atoms with van der Waals surface area (Å²) in [5.74, 6) is 0.576. The summed E-state index contributed by atoms with van der Waals surface area (Å²) < 4.78 is 33.6. The third kappa shape index (κ3) is 3.53. The van der Waals surface area contributed by atoms with Crippen LogP contribution in [-0.2, 0) is 10.0 Å². The van der Waals surface area contributed by atoms with Crippen LogP contribution in [0.4, 0.5) is 5.69 Å². The number of hydrogen-bond acceptors (Lipinski definition) is 3. The van der Waals surface area contributed by atoms with Crippen molar-refractivity contribution in [3.05, 3.63) is 51.4 Å². The third-order valence-electron chi connectivity index (χ3n) is 2.53. The minimum Gasteiger partial charge on any atom is -0.496 e. The molecular weight excluding hydrogens is 410 g/mol. The zero-order valence-corrected chi connectivity index (χ0v) is 14.4. The summed E-state index contributed by atoms with van der Waals surface area (Å²) in [6, 6.07) is 11.5. The topological polar surface area (TPSA) is 55.4 Å². The normalized spacial score (nSPS) is 11.2. The quantitative estimate of drug-likeness (QED) is 0.812. The molecule has 0 aromatic heterocycles. The molecule has 0 fully saturated rings. The monoisotopic (exact) mass is 419 g/mol. The lowest BCUT2D eigenvalue weighted by Crippen LogP contribution is -2.12. The lowest BCUT2D eigenvalue weighted by molar-refractivity contribution is 0.411. The molecule has 2 aromatic carbocycles. The number of nitrogens with one attached hydrogen (secondary N) is 1. The van der Waals surface area contributed by atoms with E-state index < -0.39 is 10.0 Å². The number of hydrogen-bond donors (Lipinski definition) is 1. The molecule has 0 unspecified atom stereocenters. The molecule has 4 nitrogen and oxygen atoms in total. The maximum Gasteiger partial charge on any atom is 0.261 e. The van der Waals surface area contributed by atoms with E-state index in [0.717, 1.165) is 4.47 Å². The van der Waals surface area contributed by atoms with Gasteiger partial charge in [0.05, 0.1) is 16.5 Å².